The van der Waals surface area contributed by atoms with Crippen molar-refractivity contribution in [1.82, 2.24) is 5.01 Å². The zero-order valence-corrected chi connectivity index (χ0v) is 20.7. The Kier molecular flexibility index (Phi) is 46.9. The Labute approximate surface area is 185 Å². The maximum Gasteiger partial charge on any atom is 0.0840 e. The van der Waals surface area contributed by atoms with Gasteiger partial charge in [0.2, 0.25) is 0 Å². The maximum absolute atomic E-state index is 8.74. The van der Waals surface area contributed by atoms with Crippen molar-refractivity contribution in [3.8, 4) is 0 Å². The first kappa shape index (κ1) is 36.4. The van der Waals surface area contributed by atoms with Gasteiger partial charge in [-0.25, -0.2) is 5.84 Å². The minimum absolute atomic E-state index is 0.218. The highest BCUT2D eigenvalue weighted by Gasteiger charge is 1.96. The van der Waals surface area contributed by atoms with E-state index in [1.165, 1.54) is 11.2 Å². The van der Waals surface area contributed by atoms with Crippen molar-refractivity contribution >= 4 is 0 Å². The number of aliphatic hydroxyl groups is 1. The summed E-state index contributed by atoms with van der Waals surface area (Å²) in [6.07, 6.45) is 1.47. The van der Waals surface area contributed by atoms with Gasteiger partial charge in [0.1, 0.15) is 0 Å². The lowest BCUT2D eigenvalue weighted by Gasteiger charge is -2.14. The molecule has 0 amide bonds. The van der Waals surface area contributed by atoms with E-state index in [4.69, 9.17) is 40.4 Å². The molecule has 0 aromatic rings. The second-order valence-corrected chi connectivity index (χ2v) is 4.75. The Hall–Kier alpha value is -0.940. The van der Waals surface area contributed by atoms with Crippen molar-refractivity contribution < 1.29 is 28.8 Å². The third kappa shape index (κ3) is 37.8. The van der Waals surface area contributed by atoms with Crippen molar-refractivity contribution in [2.75, 3.05) is 79.2 Å². The predicted octanol–water partition coefficient (Wildman–Crippen LogP) is 2.14. The lowest BCUT2D eigenvalue weighted by Crippen LogP contribution is -2.30. The summed E-state index contributed by atoms with van der Waals surface area (Å²) in [5, 5.41) is 10.1. The molecule has 0 unspecified atom stereocenters. The molecule has 0 saturated heterocycles. The van der Waals surface area contributed by atoms with Crippen LogP contribution < -0.4 is 11.6 Å². The average molecular weight is 442 g/mol. The molecule has 0 aromatic heterocycles. The van der Waals surface area contributed by atoms with Crippen LogP contribution in [0, 0.1) is 0 Å². The molecule has 0 aromatic carbocycles. The van der Waals surface area contributed by atoms with Crippen molar-refractivity contribution in [3.63, 3.8) is 0 Å². The zero-order chi connectivity index (χ0) is 23.9. The number of rotatable bonds is 18. The van der Waals surface area contributed by atoms with E-state index >= 15 is 0 Å². The number of hydrazine groups is 1. The Balaban J connectivity index is -0.000000512. The molecule has 0 radical (unpaired) electrons. The van der Waals surface area contributed by atoms with Gasteiger partial charge in [-0.15, -0.1) is 0 Å². The molecule has 0 heterocycles. The van der Waals surface area contributed by atoms with E-state index in [9.17, 15) is 0 Å². The Morgan fingerprint density at radius 3 is 1.37 bits per heavy atom. The third-order valence-corrected chi connectivity index (χ3v) is 2.70. The number of nitrogens with two attached hydrogens (primary N) is 2. The van der Waals surface area contributed by atoms with Gasteiger partial charge in [-0.05, 0) is 6.92 Å². The molecule has 0 saturated carbocycles. The van der Waals surface area contributed by atoms with E-state index in [-0.39, 0.29) is 6.61 Å². The SMILES string of the molecule is CC.CC.CC.CCOCCOCCOCCOCCOCCN(N)/C=C(\N)CO. The van der Waals surface area contributed by atoms with Gasteiger partial charge < -0.3 is 39.5 Å². The van der Waals surface area contributed by atoms with Gasteiger partial charge in [0.05, 0.1) is 78.3 Å². The van der Waals surface area contributed by atoms with Crippen LogP contribution in [0.1, 0.15) is 48.5 Å². The molecular weight excluding hydrogens is 390 g/mol. The van der Waals surface area contributed by atoms with E-state index in [1.54, 1.807) is 0 Å². The minimum atomic E-state index is -0.218. The molecule has 9 nitrogen and oxygen atoms in total. The standard InChI is InChI=1S/C15H33N3O6.3C2H6/c1-2-20-5-6-22-9-10-24-12-11-23-8-7-21-4-3-18(17)13-15(16)14-19;3*1-2/h13,19H,2-12,14,16-17H2,1H3;3*1-2H3/b15-13-;;;. The molecule has 0 aliphatic carbocycles. The van der Waals surface area contributed by atoms with Crippen LogP contribution in [0.4, 0.5) is 0 Å². The smallest absolute Gasteiger partial charge is 0.0840 e. The number of hydrogen-bond acceptors (Lipinski definition) is 9. The topological polar surface area (TPSA) is 122 Å². The van der Waals surface area contributed by atoms with Crippen LogP contribution in [0.2, 0.25) is 0 Å². The molecule has 186 valence electrons. The highest BCUT2D eigenvalue weighted by Crippen LogP contribution is 1.87. The Morgan fingerprint density at radius 1 is 0.700 bits per heavy atom. The molecule has 0 aliphatic rings. The predicted molar refractivity (Wildman–Crippen MR) is 124 cm³/mol. The van der Waals surface area contributed by atoms with Crippen LogP contribution in [0.5, 0.6) is 0 Å². The monoisotopic (exact) mass is 441 g/mol. The van der Waals surface area contributed by atoms with Crippen LogP contribution in [-0.2, 0) is 23.7 Å². The summed E-state index contributed by atoms with van der Waals surface area (Å²) in [5.74, 6) is 5.63. The second-order valence-electron chi connectivity index (χ2n) is 4.75. The van der Waals surface area contributed by atoms with Gasteiger partial charge in [-0.3, -0.25) is 0 Å². The highest BCUT2D eigenvalue weighted by molar-refractivity contribution is 4.94. The van der Waals surface area contributed by atoms with E-state index < -0.39 is 0 Å². The average Bonchev–Trinajstić information content (AvgIpc) is 2.80. The molecule has 0 atom stereocenters. The van der Waals surface area contributed by atoms with Crippen molar-refractivity contribution in [2.24, 2.45) is 11.6 Å². The lowest BCUT2D eigenvalue weighted by molar-refractivity contribution is -0.0109. The molecule has 9 heteroatoms. The zero-order valence-electron chi connectivity index (χ0n) is 20.7. The van der Waals surface area contributed by atoms with Gasteiger partial charge in [0, 0.05) is 12.8 Å². The Morgan fingerprint density at radius 2 is 1.03 bits per heavy atom. The minimum Gasteiger partial charge on any atom is -0.399 e. The van der Waals surface area contributed by atoms with Crippen molar-refractivity contribution in [3.05, 3.63) is 11.9 Å². The number of hydrogen-bond donors (Lipinski definition) is 3. The number of aliphatic hydroxyl groups excluding tert-OH is 1. The lowest BCUT2D eigenvalue weighted by atomic mass is 10.5. The summed E-state index contributed by atoms with van der Waals surface area (Å²) in [7, 11) is 0. The normalized spacial score (nSPS) is 10.1. The summed E-state index contributed by atoms with van der Waals surface area (Å²) >= 11 is 0. The quantitative estimate of drug-likeness (QED) is 0.167. The van der Waals surface area contributed by atoms with Gasteiger partial charge in [-0.1, -0.05) is 41.5 Å². The summed E-state index contributed by atoms with van der Waals surface area (Å²) in [5.41, 5.74) is 5.74. The second kappa shape index (κ2) is 38.6. The summed E-state index contributed by atoms with van der Waals surface area (Å²) in [6, 6.07) is 0. The van der Waals surface area contributed by atoms with E-state index in [1.807, 2.05) is 48.5 Å². The van der Waals surface area contributed by atoms with Crippen LogP contribution in [0.25, 0.3) is 0 Å². The highest BCUT2D eigenvalue weighted by atomic mass is 16.6. The summed E-state index contributed by atoms with van der Waals surface area (Å²) < 4.78 is 26.5. The molecule has 0 bridgehead atoms. The van der Waals surface area contributed by atoms with Gasteiger partial charge in [0.25, 0.3) is 0 Å². The van der Waals surface area contributed by atoms with E-state index in [2.05, 4.69) is 0 Å². The van der Waals surface area contributed by atoms with Gasteiger partial charge in [-0.2, -0.15) is 0 Å². The number of nitrogens with zero attached hydrogens (tertiary/aromatic N) is 1. The number of ether oxygens (including phenoxy) is 5. The fourth-order valence-corrected chi connectivity index (χ4v) is 1.51. The van der Waals surface area contributed by atoms with Gasteiger partial charge in [0.15, 0.2) is 0 Å². The van der Waals surface area contributed by atoms with Gasteiger partial charge >= 0.3 is 0 Å². The summed E-state index contributed by atoms with van der Waals surface area (Å²) in [6.45, 7) is 19.7. The van der Waals surface area contributed by atoms with Crippen molar-refractivity contribution in [2.45, 2.75) is 48.5 Å². The first-order valence-electron chi connectivity index (χ1n) is 11.2. The first-order chi connectivity index (χ1) is 14.7. The van der Waals surface area contributed by atoms with Crippen LogP contribution in [0.15, 0.2) is 11.9 Å². The fourth-order valence-electron chi connectivity index (χ4n) is 1.51. The molecule has 0 aliphatic heterocycles. The Bertz CT molecular complexity index is 298. The molecular formula is C21H51N3O6. The van der Waals surface area contributed by atoms with Crippen LogP contribution >= 0.6 is 0 Å². The van der Waals surface area contributed by atoms with Crippen LogP contribution in [0.3, 0.4) is 0 Å². The molecule has 0 fully saturated rings. The molecule has 0 rings (SSSR count). The van der Waals surface area contributed by atoms with E-state index in [0.29, 0.717) is 78.3 Å². The third-order valence-electron chi connectivity index (χ3n) is 2.70. The fraction of sp³-hybridized carbons (Fsp3) is 0.905. The first-order valence-corrected chi connectivity index (χ1v) is 11.2. The van der Waals surface area contributed by atoms with Crippen molar-refractivity contribution in [1.29, 1.82) is 0 Å². The van der Waals surface area contributed by atoms with E-state index in [0.717, 1.165) is 0 Å². The van der Waals surface area contributed by atoms with Crippen LogP contribution in [-0.4, -0.2) is 89.3 Å². The molecule has 30 heavy (non-hydrogen) atoms. The molecule has 0 spiro atoms. The largest absolute Gasteiger partial charge is 0.399 e. The molecule has 5 N–H and O–H groups in total. The maximum atomic E-state index is 8.74. The summed E-state index contributed by atoms with van der Waals surface area (Å²) in [4.78, 5) is 0.